The fraction of sp³-hybridized carbons (Fsp3) is 0.929. The highest BCUT2D eigenvalue weighted by molar-refractivity contribution is 5.77. The van der Waals surface area contributed by atoms with Crippen LogP contribution in [0.25, 0.3) is 0 Å². The van der Waals surface area contributed by atoms with E-state index in [1.807, 2.05) is 20.8 Å². The van der Waals surface area contributed by atoms with Crippen LogP contribution in [0.1, 0.15) is 53.9 Å². The normalized spacial score (nSPS) is 24.6. The van der Waals surface area contributed by atoms with E-state index in [4.69, 9.17) is 4.74 Å². The summed E-state index contributed by atoms with van der Waals surface area (Å²) in [7, 11) is 0. The standard InChI is InChI=1S/C14H27NO3/c1-6-18-11-7-10(8-11)9-12(16)15-13(2,3)14(4,5)17/h10-11,17H,6-9H2,1-5H3,(H,15,16). The maximum absolute atomic E-state index is 11.9. The van der Waals surface area contributed by atoms with Gasteiger partial charge in [-0.05, 0) is 53.4 Å². The van der Waals surface area contributed by atoms with Crippen LogP contribution in [0.5, 0.6) is 0 Å². The number of rotatable bonds is 6. The van der Waals surface area contributed by atoms with Crippen molar-refractivity contribution in [3.8, 4) is 0 Å². The van der Waals surface area contributed by atoms with Gasteiger partial charge in [0.1, 0.15) is 0 Å². The van der Waals surface area contributed by atoms with Gasteiger partial charge in [0.2, 0.25) is 5.91 Å². The van der Waals surface area contributed by atoms with E-state index in [9.17, 15) is 9.90 Å². The van der Waals surface area contributed by atoms with Crippen molar-refractivity contribution in [3.05, 3.63) is 0 Å². The Morgan fingerprint density at radius 3 is 2.33 bits per heavy atom. The summed E-state index contributed by atoms with van der Waals surface area (Å²) in [5.74, 6) is 0.446. The number of hydrogen-bond acceptors (Lipinski definition) is 3. The molecule has 0 radical (unpaired) electrons. The molecule has 1 saturated carbocycles. The molecule has 18 heavy (non-hydrogen) atoms. The predicted molar refractivity (Wildman–Crippen MR) is 71.3 cm³/mol. The Labute approximate surface area is 110 Å². The van der Waals surface area contributed by atoms with E-state index in [0.717, 1.165) is 19.4 Å². The van der Waals surface area contributed by atoms with E-state index in [2.05, 4.69) is 5.32 Å². The first-order valence-corrected chi connectivity index (χ1v) is 6.80. The van der Waals surface area contributed by atoms with Crippen molar-refractivity contribution >= 4 is 5.91 Å². The molecule has 0 aromatic rings. The number of ether oxygens (including phenoxy) is 1. The van der Waals surface area contributed by atoms with Crippen molar-refractivity contribution in [2.75, 3.05) is 6.61 Å². The van der Waals surface area contributed by atoms with Gasteiger partial charge in [0.15, 0.2) is 0 Å². The zero-order chi connectivity index (χ0) is 14.0. The van der Waals surface area contributed by atoms with Gasteiger partial charge in [-0.3, -0.25) is 4.79 Å². The summed E-state index contributed by atoms with van der Waals surface area (Å²) in [4.78, 5) is 11.9. The smallest absolute Gasteiger partial charge is 0.220 e. The molecular formula is C14H27NO3. The molecular weight excluding hydrogens is 230 g/mol. The lowest BCUT2D eigenvalue weighted by atomic mass is 9.79. The van der Waals surface area contributed by atoms with Crippen LogP contribution in [0.15, 0.2) is 0 Å². The molecule has 0 aromatic carbocycles. The molecule has 1 amide bonds. The Kier molecular flexibility index (Phi) is 4.78. The Hall–Kier alpha value is -0.610. The first kappa shape index (κ1) is 15.4. The summed E-state index contributed by atoms with van der Waals surface area (Å²) < 4.78 is 5.47. The number of carbonyl (C=O) groups is 1. The second-order valence-electron chi connectivity index (χ2n) is 6.35. The van der Waals surface area contributed by atoms with Gasteiger partial charge in [0.25, 0.3) is 0 Å². The molecule has 0 spiro atoms. The third-order valence-corrected chi connectivity index (χ3v) is 4.05. The molecule has 4 nitrogen and oxygen atoms in total. The van der Waals surface area contributed by atoms with E-state index >= 15 is 0 Å². The van der Waals surface area contributed by atoms with E-state index in [1.54, 1.807) is 13.8 Å². The molecule has 0 aliphatic heterocycles. The summed E-state index contributed by atoms with van der Waals surface area (Å²) in [6.07, 6.45) is 2.83. The minimum atomic E-state index is -0.934. The average molecular weight is 257 g/mol. The molecule has 1 fully saturated rings. The first-order chi connectivity index (χ1) is 8.15. The van der Waals surface area contributed by atoms with Gasteiger partial charge in [-0.25, -0.2) is 0 Å². The van der Waals surface area contributed by atoms with Crippen LogP contribution in [0, 0.1) is 5.92 Å². The van der Waals surface area contributed by atoms with Crippen LogP contribution < -0.4 is 5.32 Å². The molecule has 0 atom stereocenters. The van der Waals surface area contributed by atoms with Gasteiger partial charge < -0.3 is 15.2 Å². The lowest BCUT2D eigenvalue weighted by Gasteiger charge is -2.39. The van der Waals surface area contributed by atoms with Crippen molar-refractivity contribution < 1.29 is 14.6 Å². The van der Waals surface area contributed by atoms with E-state index in [-0.39, 0.29) is 5.91 Å². The van der Waals surface area contributed by atoms with Crippen LogP contribution in [-0.2, 0) is 9.53 Å². The Morgan fingerprint density at radius 2 is 1.89 bits per heavy atom. The lowest BCUT2D eigenvalue weighted by molar-refractivity contribution is -0.129. The van der Waals surface area contributed by atoms with Crippen LogP contribution in [-0.4, -0.2) is 34.9 Å². The van der Waals surface area contributed by atoms with E-state index in [0.29, 0.717) is 18.4 Å². The predicted octanol–water partition coefficient (Wildman–Crippen LogP) is 1.86. The van der Waals surface area contributed by atoms with Gasteiger partial charge >= 0.3 is 0 Å². The molecule has 0 aromatic heterocycles. The molecule has 1 aliphatic rings. The second kappa shape index (κ2) is 5.57. The number of hydrogen-bond donors (Lipinski definition) is 2. The van der Waals surface area contributed by atoms with Crippen LogP contribution in [0.2, 0.25) is 0 Å². The fourth-order valence-corrected chi connectivity index (χ4v) is 2.03. The largest absolute Gasteiger partial charge is 0.388 e. The first-order valence-electron chi connectivity index (χ1n) is 6.80. The summed E-state index contributed by atoms with van der Waals surface area (Å²) in [5.41, 5.74) is -1.55. The number of aliphatic hydroxyl groups is 1. The fourth-order valence-electron chi connectivity index (χ4n) is 2.03. The SMILES string of the molecule is CCOC1CC(CC(=O)NC(C)(C)C(C)(C)O)C1. The number of amides is 1. The Bertz CT molecular complexity index is 288. The monoisotopic (exact) mass is 257 g/mol. The van der Waals surface area contributed by atoms with Gasteiger partial charge in [-0.1, -0.05) is 0 Å². The van der Waals surface area contributed by atoms with Gasteiger partial charge in [-0.15, -0.1) is 0 Å². The molecule has 1 aliphatic carbocycles. The minimum Gasteiger partial charge on any atom is -0.388 e. The van der Waals surface area contributed by atoms with E-state index in [1.165, 1.54) is 0 Å². The molecule has 0 saturated heterocycles. The summed E-state index contributed by atoms with van der Waals surface area (Å²) in [6.45, 7) is 9.84. The molecule has 0 unspecified atom stereocenters. The topological polar surface area (TPSA) is 58.6 Å². The van der Waals surface area contributed by atoms with Crippen molar-refractivity contribution in [3.63, 3.8) is 0 Å². The highest BCUT2D eigenvalue weighted by Crippen LogP contribution is 2.33. The van der Waals surface area contributed by atoms with Crippen LogP contribution in [0.4, 0.5) is 0 Å². The molecule has 2 N–H and O–H groups in total. The maximum Gasteiger partial charge on any atom is 0.220 e. The Balaban J connectivity index is 2.31. The van der Waals surface area contributed by atoms with E-state index < -0.39 is 11.1 Å². The van der Waals surface area contributed by atoms with Gasteiger partial charge in [0.05, 0.1) is 17.2 Å². The van der Waals surface area contributed by atoms with Crippen LogP contribution >= 0.6 is 0 Å². The second-order valence-corrected chi connectivity index (χ2v) is 6.35. The molecule has 106 valence electrons. The zero-order valence-electron chi connectivity index (χ0n) is 12.2. The van der Waals surface area contributed by atoms with Crippen molar-refractivity contribution in [2.24, 2.45) is 5.92 Å². The highest BCUT2D eigenvalue weighted by atomic mass is 16.5. The number of nitrogens with one attached hydrogen (secondary N) is 1. The summed E-state index contributed by atoms with van der Waals surface area (Å²) in [6, 6.07) is 0. The zero-order valence-corrected chi connectivity index (χ0v) is 12.2. The van der Waals surface area contributed by atoms with Crippen molar-refractivity contribution in [1.29, 1.82) is 0 Å². The molecule has 0 bridgehead atoms. The average Bonchev–Trinajstić information content (AvgIpc) is 2.11. The quantitative estimate of drug-likeness (QED) is 0.763. The lowest BCUT2D eigenvalue weighted by Crippen LogP contribution is -2.58. The number of carbonyl (C=O) groups excluding carboxylic acids is 1. The third kappa shape index (κ3) is 3.95. The molecule has 0 heterocycles. The highest BCUT2D eigenvalue weighted by Gasteiger charge is 2.38. The molecule has 4 heteroatoms. The van der Waals surface area contributed by atoms with Gasteiger partial charge in [-0.2, -0.15) is 0 Å². The van der Waals surface area contributed by atoms with Crippen LogP contribution in [0.3, 0.4) is 0 Å². The molecule has 1 rings (SSSR count). The maximum atomic E-state index is 11.9. The van der Waals surface area contributed by atoms with Gasteiger partial charge in [0, 0.05) is 13.0 Å². The Morgan fingerprint density at radius 1 is 1.33 bits per heavy atom. The van der Waals surface area contributed by atoms with Crippen molar-refractivity contribution in [1.82, 2.24) is 5.32 Å². The van der Waals surface area contributed by atoms with Crippen molar-refractivity contribution in [2.45, 2.75) is 71.1 Å². The minimum absolute atomic E-state index is 0.0158. The summed E-state index contributed by atoms with van der Waals surface area (Å²) in [5, 5.41) is 12.9. The summed E-state index contributed by atoms with van der Waals surface area (Å²) >= 11 is 0. The third-order valence-electron chi connectivity index (χ3n) is 4.05.